The van der Waals surface area contributed by atoms with Gasteiger partial charge in [0.1, 0.15) is 0 Å². The van der Waals surface area contributed by atoms with Crippen molar-refractivity contribution in [3.8, 4) is 0 Å². The van der Waals surface area contributed by atoms with Gasteiger partial charge in [-0.1, -0.05) is 53.0 Å². The summed E-state index contributed by atoms with van der Waals surface area (Å²) in [5.41, 5.74) is 0.260. The third-order valence-electron chi connectivity index (χ3n) is 3.08. The van der Waals surface area contributed by atoms with E-state index >= 15 is 0 Å². The minimum absolute atomic E-state index is 0.257. The van der Waals surface area contributed by atoms with E-state index in [1.807, 2.05) is 34.6 Å². The minimum atomic E-state index is -0.284. The molecule has 0 heterocycles. The largest absolute Gasteiger partial charge is 0.347 e. The molecule has 0 fully saturated rings. The quantitative estimate of drug-likeness (QED) is 0.434. The molecule has 1 amide bonds. The Balaban J connectivity index is 0. The number of nitrogens with one attached hydrogen (secondary N) is 1. The van der Waals surface area contributed by atoms with Gasteiger partial charge in [0, 0.05) is 16.7 Å². The second kappa shape index (κ2) is 10.3. The highest BCUT2D eigenvalue weighted by molar-refractivity contribution is 6.02. The third kappa shape index (κ3) is 6.18. The molecule has 0 aromatic carbocycles. The zero-order valence-corrected chi connectivity index (χ0v) is 12.9. The van der Waals surface area contributed by atoms with Gasteiger partial charge < -0.3 is 5.32 Å². The number of allylic oxidation sites excluding steroid dienone is 2. The van der Waals surface area contributed by atoms with E-state index in [1.54, 1.807) is 0 Å². The van der Waals surface area contributed by atoms with E-state index in [-0.39, 0.29) is 22.6 Å². The molecular weight excluding hydrogens is 238 g/mol. The van der Waals surface area contributed by atoms with Crippen LogP contribution in [0, 0.1) is 0 Å². The number of carbonyl (C=O) groups excluding carboxylic acids is 2. The lowest BCUT2D eigenvalue weighted by Crippen LogP contribution is -2.45. The lowest BCUT2D eigenvalue weighted by Gasteiger charge is -2.28. The molecule has 108 valence electrons. The van der Waals surface area contributed by atoms with Gasteiger partial charge in [-0.2, -0.15) is 0 Å². The Hall–Kier alpha value is -1.64. The fourth-order valence-corrected chi connectivity index (χ4v) is 1.33. The Kier molecular flexibility index (Phi) is 10.7. The third-order valence-corrected chi connectivity index (χ3v) is 3.08. The topological polar surface area (TPSA) is 46.2 Å². The molecule has 0 aliphatic rings. The van der Waals surface area contributed by atoms with Crippen LogP contribution in [0.2, 0.25) is 0 Å². The first-order chi connectivity index (χ1) is 8.97. The summed E-state index contributed by atoms with van der Waals surface area (Å²) in [6.07, 6.45) is 5.00. The molecule has 1 N–H and O–H groups in total. The predicted octanol–water partition coefficient (Wildman–Crippen LogP) is 3.58. The zero-order valence-electron chi connectivity index (χ0n) is 12.9. The van der Waals surface area contributed by atoms with Gasteiger partial charge in [-0.15, -0.1) is 0 Å². The normalized spacial score (nSPS) is 11.4. The van der Waals surface area contributed by atoms with Gasteiger partial charge in [0.15, 0.2) is 6.29 Å². The Morgan fingerprint density at radius 3 is 1.89 bits per heavy atom. The summed E-state index contributed by atoms with van der Waals surface area (Å²) < 4.78 is 0. The molecule has 0 aromatic heterocycles. The van der Waals surface area contributed by atoms with Crippen LogP contribution < -0.4 is 5.32 Å². The number of hydrogen-bond acceptors (Lipinski definition) is 2. The van der Waals surface area contributed by atoms with Crippen LogP contribution in [0.3, 0.4) is 0 Å². The van der Waals surface area contributed by atoms with Crippen LogP contribution in [0.4, 0.5) is 0 Å². The molecule has 3 heteroatoms. The van der Waals surface area contributed by atoms with Crippen molar-refractivity contribution in [3.63, 3.8) is 0 Å². The summed E-state index contributed by atoms with van der Waals surface area (Å²) in [6, 6.07) is 0. The minimum Gasteiger partial charge on any atom is -0.347 e. The van der Waals surface area contributed by atoms with Crippen LogP contribution in [0.5, 0.6) is 0 Å². The fourth-order valence-electron chi connectivity index (χ4n) is 1.33. The highest BCUT2D eigenvalue weighted by atomic mass is 16.2. The number of rotatable bonds is 7. The maximum Gasteiger partial charge on any atom is 0.252 e. The van der Waals surface area contributed by atoms with Crippen molar-refractivity contribution in [1.29, 1.82) is 0 Å². The van der Waals surface area contributed by atoms with Crippen LogP contribution in [0.1, 0.15) is 47.5 Å². The molecule has 0 aliphatic heterocycles. The van der Waals surface area contributed by atoms with Gasteiger partial charge in [0.05, 0.1) is 0 Å². The van der Waals surface area contributed by atoms with Gasteiger partial charge in [0.25, 0.3) is 5.91 Å². The first-order valence-corrected chi connectivity index (χ1v) is 6.74. The molecule has 3 nitrogen and oxygen atoms in total. The number of amides is 1. The molecule has 0 spiro atoms. The average molecular weight is 265 g/mol. The Morgan fingerprint density at radius 1 is 1.16 bits per heavy atom. The van der Waals surface area contributed by atoms with Crippen LogP contribution >= 0.6 is 0 Å². The molecule has 0 atom stereocenters. The van der Waals surface area contributed by atoms with E-state index in [0.717, 1.165) is 12.8 Å². The summed E-state index contributed by atoms with van der Waals surface area (Å²) in [6.45, 7) is 17.0. The smallest absolute Gasteiger partial charge is 0.252 e. The Morgan fingerprint density at radius 2 is 1.63 bits per heavy atom. The lowest BCUT2D eigenvalue weighted by atomic mass is 9.94. The first-order valence-electron chi connectivity index (χ1n) is 6.74. The highest BCUT2D eigenvalue weighted by Gasteiger charge is 2.23. The van der Waals surface area contributed by atoms with Gasteiger partial charge in [-0.3, -0.25) is 9.59 Å². The van der Waals surface area contributed by atoms with E-state index in [2.05, 4.69) is 18.5 Å². The van der Waals surface area contributed by atoms with Crippen molar-refractivity contribution >= 4 is 12.2 Å². The molecule has 0 saturated carbocycles. The standard InChI is InChI=1S/C14H21NO2.C2H6/c1-6-11(10-16)12(7-2)13(17)15-14(5,8-3)9-4;1-2/h6-7,10H,1-2,8-9H2,3-5H3,(H,15,17);1-2H3/b12-11-;. The summed E-state index contributed by atoms with van der Waals surface area (Å²) in [5, 5.41) is 2.92. The van der Waals surface area contributed by atoms with Crippen LogP contribution in [-0.2, 0) is 9.59 Å². The molecule has 19 heavy (non-hydrogen) atoms. The Labute approximate surface area is 117 Å². The van der Waals surface area contributed by atoms with E-state index in [4.69, 9.17) is 0 Å². The second-order valence-electron chi connectivity index (χ2n) is 4.12. The SMILES string of the molecule is C=C/C(C=O)=C(\C=C)C(=O)NC(C)(CC)CC.CC. The predicted molar refractivity (Wildman–Crippen MR) is 82.0 cm³/mol. The van der Waals surface area contributed by atoms with Gasteiger partial charge >= 0.3 is 0 Å². The summed E-state index contributed by atoms with van der Waals surface area (Å²) in [5.74, 6) is -0.284. The lowest BCUT2D eigenvalue weighted by molar-refractivity contribution is -0.119. The van der Waals surface area contributed by atoms with E-state index in [0.29, 0.717) is 6.29 Å². The Bertz CT molecular complexity index is 340. The number of carbonyl (C=O) groups is 2. The van der Waals surface area contributed by atoms with Gasteiger partial charge in [-0.05, 0) is 19.8 Å². The van der Waals surface area contributed by atoms with Crippen molar-refractivity contribution in [2.75, 3.05) is 0 Å². The number of aldehydes is 1. The number of hydrogen-bond donors (Lipinski definition) is 1. The summed E-state index contributed by atoms with van der Waals surface area (Å²) >= 11 is 0. The van der Waals surface area contributed by atoms with E-state index in [1.165, 1.54) is 12.2 Å². The summed E-state index contributed by atoms with van der Waals surface area (Å²) in [7, 11) is 0. The first kappa shape index (κ1) is 19.7. The van der Waals surface area contributed by atoms with E-state index in [9.17, 15) is 9.59 Å². The molecule has 0 rings (SSSR count). The maximum absolute atomic E-state index is 12.0. The van der Waals surface area contributed by atoms with Crippen LogP contribution in [0.25, 0.3) is 0 Å². The molecule has 0 aliphatic carbocycles. The average Bonchev–Trinajstić information content (AvgIpc) is 2.46. The van der Waals surface area contributed by atoms with E-state index < -0.39 is 0 Å². The van der Waals surface area contributed by atoms with Crippen molar-refractivity contribution in [2.45, 2.75) is 53.0 Å². The monoisotopic (exact) mass is 265 g/mol. The molecule has 0 aromatic rings. The van der Waals surface area contributed by atoms with Crippen molar-refractivity contribution in [3.05, 3.63) is 36.5 Å². The van der Waals surface area contributed by atoms with Crippen LogP contribution in [-0.4, -0.2) is 17.7 Å². The maximum atomic E-state index is 12.0. The molecule has 0 saturated heterocycles. The van der Waals surface area contributed by atoms with Gasteiger partial charge in [-0.25, -0.2) is 0 Å². The molecule has 0 unspecified atom stereocenters. The molecule has 0 radical (unpaired) electrons. The van der Waals surface area contributed by atoms with Crippen molar-refractivity contribution in [2.24, 2.45) is 0 Å². The van der Waals surface area contributed by atoms with Crippen molar-refractivity contribution in [1.82, 2.24) is 5.32 Å². The summed E-state index contributed by atoms with van der Waals surface area (Å²) in [4.78, 5) is 22.8. The zero-order chi connectivity index (χ0) is 15.5. The highest BCUT2D eigenvalue weighted by Crippen LogP contribution is 2.15. The second-order valence-corrected chi connectivity index (χ2v) is 4.12. The van der Waals surface area contributed by atoms with Gasteiger partial charge in [0.2, 0.25) is 0 Å². The molecule has 0 bridgehead atoms. The molecular formula is C16H27NO2. The fraction of sp³-hybridized carbons (Fsp3) is 0.500. The van der Waals surface area contributed by atoms with Crippen LogP contribution in [0.15, 0.2) is 36.5 Å². The van der Waals surface area contributed by atoms with Crippen molar-refractivity contribution < 1.29 is 9.59 Å².